The first-order valence-corrected chi connectivity index (χ1v) is 9.50. The highest BCUT2D eigenvalue weighted by Gasteiger charge is 2.24. The van der Waals surface area contributed by atoms with E-state index in [2.05, 4.69) is 13.0 Å². The summed E-state index contributed by atoms with van der Waals surface area (Å²) < 4.78 is 10.6. The van der Waals surface area contributed by atoms with Gasteiger partial charge in [-0.05, 0) is 42.4 Å². The lowest BCUT2D eigenvalue weighted by molar-refractivity contribution is -0.146. The molecule has 1 aliphatic carbocycles. The van der Waals surface area contributed by atoms with Crippen LogP contribution in [0.1, 0.15) is 74.8 Å². The number of carbonyl (C=O) groups excluding carboxylic acids is 1. The fourth-order valence-corrected chi connectivity index (χ4v) is 3.73. The number of halogens is 1. The number of ether oxygens (including phenoxy) is 2. The average Bonchev–Trinajstić information content (AvgIpc) is 2.60. The zero-order valence-corrected chi connectivity index (χ0v) is 15.6. The van der Waals surface area contributed by atoms with Crippen LogP contribution in [-0.4, -0.2) is 26.3 Å². The molecular weight excluding hydrogens is 324 g/mol. The van der Waals surface area contributed by atoms with Crippen molar-refractivity contribution in [2.75, 3.05) is 20.3 Å². The van der Waals surface area contributed by atoms with Gasteiger partial charge in [0.25, 0.3) is 0 Å². The molecule has 2 rings (SSSR count). The zero-order valence-electron chi connectivity index (χ0n) is 14.9. The summed E-state index contributed by atoms with van der Waals surface area (Å²) in [5.41, 5.74) is 2.10. The Labute approximate surface area is 150 Å². The van der Waals surface area contributed by atoms with Crippen molar-refractivity contribution in [3.05, 3.63) is 34.3 Å². The maximum Gasteiger partial charge on any atom is 0.315 e. The molecule has 0 bridgehead atoms. The normalized spacial score (nSPS) is 16.8. The van der Waals surface area contributed by atoms with Gasteiger partial charge < -0.3 is 9.47 Å². The first-order chi connectivity index (χ1) is 11.7. The number of benzene rings is 1. The Balaban J connectivity index is 2.11. The quantitative estimate of drug-likeness (QED) is 0.460. The van der Waals surface area contributed by atoms with Crippen LogP contribution in [-0.2, 0) is 14.3 Å². The maximum atomic E-state index is 12.4. The Bertz CT molecular complexity index is 524. The second-order valence-corrected chi connectivity index (χ2v) is 7.05. The highest BCUT2D eigenvalue weighted by molar-refractivity contribution is 6.31. The van der Waals surface area contributed by atoms with E-state index in [-0.39, 0.29) is 5.97 Å². The Morgan fingerprint density at radius 3 is 2.67 bits per heavy atom. The highest BCUT2D eigenvalue weighted by Crippen LogP contribution is 2.37. The van der Waals surface area contributed by atoms with Crippen molar-refractivity contribution in [1.29, 1.82) is 0 Å². The van der Waals surface area contributed by atoms with Gasteiger partial charge in [0.1, 0.15) is 5.92 Å². The van der Waals surface area contributed by atoms with E-state index >= 15 is 0 Å². The predicted molar refractivity (Wildman–Crippen MR) is 97.8 cm³/mol. The van der Waals surface area contributed by atoms with Gasteiger partial charge in [-0.2, -0.15) is 0 Å². The maximum absolute atomic E-state index is 12.4. The summed E-state index contributed by atoms with van der Waals surface area (Å²) in [6, 6.07) is 6.03. The minimum absolute atomic E-state index is 0.230. The number of methoxy groups -OCH3 is 1. The molecule has 4 heteroatoms. The lowest BCUT2D eigenvalue weighted by Gasteiger charge is -2.24. The topological polar surface area (TPSA) is 35.5 Å². The minimum Gasteiger partial charge on any atom is -0.465 e. The van der Waals surface area contributed by atoms with Gasteiger partial charge in [-0.3, -0.25) is 4.79 Å². The van der Waals surface area contributed by atoms with E-state index in [1.807, 2.05) is 12.1 Å². The molecule has 24 heavy (non-hydrogen) atoms. The number of hydrogen-bond acceptors (Lipinski definition) is 3. The molecule has 1 fully saturated rings. The molecule has 1 saturated carbocycles. The van der Waals surface area contributed by atoms with Crippen molar-refractivity contribution < 1.29 is 14.3 Å². The molecular formula is C20H29ClO3. The minimum atomic E-state index is -0.412. The molecule has 0 N–H and O–H groups in total. The van der Waals surface area contributed by atoms with Crippen LogP contribution in [0.4, 0.5) is 0 Å². The van der Waals surface area contributed by atoms with E-state index in [4.69, 9.17) is 21.1 Å². The summed E-state index contributed by atoms with van der Waals surface area (Å²) in [5.74, 6) is -0.0887. The standard InChI is InChI=1S/C20H29ClO3/c1-3-4-12-24-20(22)18(14-23-2)16-10-11-17(19(21)13-16)15-8-6-5-7-9-15/h10-11,13,15,18H,3-9,12,14H2,1-2H3. The fourth-order valence-electron chi connectivity index (χ4n) is 3.39. The first kappa shape index (κ1) is 19.3. The van der Waals surface area contributed by atoms with Crippen LogP contribution in [0, 0.1) is 0 Å². The number of hydrogen-bond donors (Lipinski definition) is 0. The van der Waals surface area contributed by atoms with E-state index in [1.54, 1.807) is 7.11 Å². The predicted octanol–water partition coefficient (Wildman–Crippen LogP) is 5.46. The van der Waals surface area contributed by atoms with Crippen LogP contribution in [0.2, 0.25) is 5.02 Å². The van der Waals surface area contributed by atoms with Gasteiger partial charge in [0.15, 0.2) is 0 Å². The summed E-state index contributed by atoms with van der Waals surface area (Å²) in [7, 11) is 1.60. The summed E-state index contributed by atoms with van der Waals surface area (Å²) in [6.07, 6.45) is 8.18. The van der Waals surface area contributed by atoms with Crippen molar-refractivity contribution >= 4 is 17.6 Å². The monoisotopic (exact) mass is 352 g/mol. The van der Waals surface area contributed by atoms with Crippen molar-refractivity contribution in [1.82, 2.24) is 0 Å². The molecule has 0 saturated heterocycles. The summed E-state index contributed by atoms with van der Waals surface area (Å²) in [4.78, 5) is 12.4. The summed E-state index contributed by atoms with van der Waals surface area (Å²) in [6.45, 7) is 2.84. The highest BCUT2D eigenvalue weighted by atomic mass is 35.5. The molecule has 1 aliphatic rings. The van der Waals surface area contributed by atoms with Crippen molar-refractivity contribution in [2.24, 2.45) is 0 Å². The lowest BCUT2D eigenvalue weighted by Crippen LogP contribution is -2.21. The van der Waals surface area contributed by atoms with Crippen molar-refractivity contribution in [2.45, 2.75) is 63.7 Å². The van der Waals surface area contributed by atoms with Gasteiger partial charge in [0, 0.05) is 12.1 Å². The molecule has 1 atom stereocenters. The average molecular weight is 353 g/mol. The Kier molecular flexibility index (Phi) is 8.07. The van der Waals surface area contributed by atoms with E-state index < -0.39 is 5.92 Å². The number of rotatable bonds is 8. The van der Waals surface area contributed by atoms with E-state index in [0.29, 0.717) is 19.1 Å². The van der Waals surface area contributed by atoms with Gasteiger partial charge in [-0.25, -0.2) is 0 Å². The van der Waals surface area contributed by atoms with Crippen LogP contribution in [0.15, 0.2) is 18.2 Å². The SMILES string of the molecule is CCCCOC(=O)C(COC)c1ccc(C2CCCCC2)c(Cl)c1. The Hall–Kier alpha value is -1.06. The number of unbranched alkanes of at least 4 members (excludes halogenated alkanes) is 1. The van der Waals surface area contributed by atoms with Gasteiger partial charge in [-0.1, -0.05) is 56.3 Å². The number of carbonyl (C=O) groups is 1. The van der Waals surface area contributed by atoms with Crippen LogP contribution in [0.5, 0.6) is 0 Å². The molecule has 0 radical (unpaired) electrons. The van der Waals surface area contributed by atoms with Gasteiger partial charge in [-0.15, -0.1) is 0 Å². The fraction of sp³-hybridized carbons (Fsp3) is 0.650. The largest absolute Gasteiger partial charge is 0.465 e. The summed E-state index contributed by atoms with van der Waals surface area (Å²) in [5, 5.41) is 0.766. The van der Waals surface area contributed by atoms with Crippen LogP contribution in [0.3, 0.4) is 0 Å². The molecule has 0 spiro atoms. The lowest BCUT2D eigenvalue weighted by atomic mass is 9.83. The van der Waals surface area contributed by atoms with Gasteiger partial charge in [0.05, 0.1) is 13.2 Å². The molecule has 0 aromatic heterocycles. The molecule has 1 aromatic rings. The Morgan fingerprint density at radius 1 is 1.29 bits per heavy atom. The second kappa shape index (κ2) is 10.0. The van der Waals surface area contributed by atoms with E-state index in [1.165, 1.54) is 37.7 Å². The van der Waals surface area contributed by atoms with Gasteiger partial charge in [0.2, 0.25) is 0 Å². The second-order valence-electron chi connectivity index (χ2n) is 6.64. The molecule has 0 amide bonds. The van der Waals surface area contributed by atoms with Crippen molar-refractivity contribution in [3.63, 3.8) is 0 Å². The van der Waals surface area contributed by atoms with Crippen LogP contribution < -0.4 is 0 Å². The molecule has 1 unspecified atom stereocenters. The molecule has 0 heterocycles. The molecule has 1 aromatic carbocycles. The van der Waals surface area contributed by atoms with Crippen molar-refractivity contribution in [3.8, 4) is 0 Å². The first-order valence-electron chi connectivity index (χ1n) is 9.12. The van der Waals surface area contributed by atoms with E-state index in [9.17, 15) is 4.79 Å². The van der Waals surface area contributed by atoms with Crippen LogP contribution in [0.25, 0.3) is 0 Å². The third-order valence-electron chi connectivity index (χ3n) is 4.83. The third-order valence-corrected chi connectivity index (χ3v) is 5.16. The Morgan fingerprint density at radius 2 is 2.04 bits per heavy atom. The third kappa shape index (κ3) is 5.22. The molecule has 134 valence electrons. The van der Waals surface area contributed by atoms with E-state index in [0.717, 1.165) is 23.4 Å². The summed E-state index contributed by atoms with van der Waals surface area (Å²) >= 11 is 6.55. The molecule has 0 aliphatic heterocycles. The molecule has 3 nitrogen and oxygen atoms in total. The van der Waals surface area contributed by atoms with Gasteiger partial charge >= 0.3 is 5.97 Å². The number of esters is 1. The zero-order chi connectivity index (χ0) is 17.4. The van der Waals surface area contributed by atoms with Crippen LogP contribution >= 0.6 is 11.6 Å². The smallest absolute Gasteiger partial charge is 0.315 e.